The lowest BCUT2D eigenvalue weighted by Crippen LogP contribution is -2.24. The molecule has 3 aromatic carbocycles. The first-order valence-corrected chi connectivity index (χ1v) is 11.9. The number of rotatable bonds is 8. The SMILES string of the molecule is CCC(Sc1cccc(NC(=O)Cc2ccc(Cl)cc2)c1)C(=O)Nc1ccc(Cl)cc1Cl. The fourth-order valence-corrected chi connectivity index (χ4v) is 4.53. The second-order valence-electron chi connectivity index (χ2n) is 7.01. The number of carbonyl (C=O) groups excluding carboxylic acids is 2. The van der Waals surface area contributed by atoms with E-state index in [2.05, 4.69) is 10.6 Å². The van der Waals surface area contributed by atoms with Gasteiger partial charge in [0.25, 0.3) is 0 Å². The number of halogens is 3. The first kappa shape index (κ1) is 24.5. The summed E-state index contributed by atoms with van der Waals surface area (Å²) < 4.78 is 0. The predicted molar refractivity (Wildman–Crippen MR) is 135 cm³/mol. The van der Waals surface area contributed by atoms with Crippen molar-refractivity contribution in [3.8, 4) is 0 Å². The zero-order valence-electron chi connectivity index (χ0n) is 17.2. The maximum absolute atomic E-state index is 12.8. The Morgan fingerprint density at radius 1 is 0.906 bits per heavy atom. The lowest BCUT2D eigenvalue weighted by Gasteiger charge is -2.16. The van der Waals surface area contributed by atoms with Gasteiger partial charge in [0.05, 0.1) is 22.4 Å². The Labute approximate surface area is 206 Å². The van der Waals surface area contributed by atoms with Gasteiger partial charge < -0.3 is 10.6 Å². The summed E-state index contributed by atoms with van der Waals surface area (Å²) in [5, 5.41) is 6.95. The Morgan fingerprint density at radius 2 is 1.62 bits per heavy atom. The van der Waals surface area contributed by atoms with E-state index in [-0.39, 0.29) is 23.5 Å². The minimum atomic E-state index is -0.332. The average Bonchev–Trinajstić information content (AvgIpc) is 2.75. The van der Waals surface area contributed by atoms with Gasteiger partial charge in [-0.05, 0) is 60.5 Å². The van der Waals surface area contributed by atoms with E-state index in [0.29, 0.717) is 32.9 Å². The molecule has 2 N–H and O–H groups in total. The van der Waals surface area contributed by atoms with Crippen LogP contribution in [0.2, 0.25) is 15.1 Å². The third-order valence-corrected chi connectivity index (χ3v) is 6.68. The molecule has 0 aromatic heterocycles. The highest BCUT2D eigenvalue weighted by molar-refractivity contribution is 8.00. The molecule has 8 heteroatoms. The van der Waals surface area contributed by atoms with Gasteiger partial charge in [0.2, 0.25) is 11.8 Å². The molecule has 0 aliphatic carbocycles. The topological polar surface area (TPSA) is 58.2 Å². The van der Waals surface area contributed by atoms with E-state index in [9.17, 15) is 9.59 Å². The Balaban J connectivity index is 1.62. The molecule has 3 rings (SSSR count). The molecular formula is C24H21Cl3N2O2S. The lowest BCUT2D eigenvalue weighted by atomic mass is 10.1. The quantitative estimate of drug-likeness (QED) is 0.314. The smallest absolute Gasteiger partial charge is 0.237 e. The van der Waals surface area contributed by atoms with Crippen molar-refractivity contribution in [2.24, 2.45) is 0 Å². The van der Waals surface area contributed by atoms with Crippen molar-refractivity contribution in [2.75, 3.05) is 10.6 Å². The van der Waals surface area contributed by atoms with Crippen LogP contribution in [0, 0.1) is 0 Å². The van der Waals surface area contributed by atoms with Crippen LogP contribution >= 0.6 is 46.6 Å². The van der Waals surface area contributed by atoms with E-state index in [0.717, 1.165) is 10.5 Å². The molecular weight excluding hydrogens is 487 g/mol. The number of thioether (sulfide) groups is 1. The molecule has 0 bridgehead atoms. The zero-order chi connectivity index (χ0) is 23.1. The summed E-state index contributed by atoms with van der Waals surface area (Å²) in [5.41, 5.74) is 2.06. The van der Waals surface area contributed by atoms with Crippen LogP contribution in [0.5, 0.6) is 0 Å². The third kappa shape index (κ3) is 7.17. The molecule has 0 saturated carbocycles. The zero-order valence-corrected chi connectivity index (χ0v) is 20.3. The second kappa shape index (κ2) is 11.6. The van der Waals surface area contributed by atoms with Crippen molar-refractivity contribution >= 4 is 69.8 Å². The van der Waals surface area contributed by atoms with E-state index in [1.807, 2.05) is 43.3 Å². The van der Waals surface area contributed by atoms with Gasteiger partial charge in [-0.1, -0.05) is 59.9 Å². The van der Waals surface area contributed by atoms with Gasteiger partial charge in [-0.2, -0.15) is 0 Å². The first-order valence-electron chi connectivity index (χ1n) is 9.91. The van der Waals surface area contributed by atoms with Gasteiger partial charge in [-0.15, -0.1) is 11.8 Å². The molecule has 166 valence electrons. The lowest BCUT2D eigenvalue weighted by molar-refractivity contribution is -0.116. The maximum atomic E-state index is 12.8. The summed E-state index contributed by atoms with van der Waals surface area (Å²) in [4.78, 5) is 26.0. The third-order valence-electron chi connectivity index (χ3n) is 4.53. The summed E-state index contributed by atoms with van der Waals surface area (Å²) in [6.45, 7) is 1.94. The maximum Gasteiger partial charge on any atom is 0.237 e. The Hall–Kier alpha value is -2.18. The first-order chi connectivity index (χ1) is 15.3. The van der Waals surface area contributed by atoms with Crippen LogP contribution in [0.3, 0.4) is 0 Å². The van der Waals surface area contributed by atoms with Crippen molar-refractivity contribution in [3.05, 3.63) is 87.4 Å². The molecule has 0 saturated heterocycles. The fourth-order valence-electron chi connectivity index (χ4n) is 2.93. The van der Waals surface area contributed by atoms with Crippen LogP contribution in [-0.4, -0.2) is 17.1 Å². The molecule has 0 fully saturated rings. The minimum Gasteiger partial charge on any atom is -0.326 e. The molecule has 0 aliphatic rings. The molecule has 0 spiro atoms. The average molecular weight is 508 g/mol. The van der Waals surface area contributed by atoms with E-state index >= 15 is 0 Å². The normalized spacial score (nSPS) is 11.6. The molecule has 2 amide bonds. The van der Waals surface area contributed by atoms with Crippen LogP contribution < -0.4 is 10.6 Å². The Kier molecular flexibility index (Phi) is 8.88. The van der Waals surface area contributed by atoms with Gasteiger partial charge in [0, 0.05) is 20.6 Å². The van der Waals surface area contributed by atoms with Gasteiger partial charge in [0.15, 0.2) is 0 Å². The van der Waals surface area contributed by atoms with Crippen molar-refractivity contribution in [3.63, 3.8) is 0 Å². The second-order valence-corrected chi connectivity index (χ2v) is 9.56. The van der Waals surface area contributed by atoms with Crippen LogP contribution in [-0.2, 0) is 16.0 Å². The summed E-state index contributed by atoms with van der Waals surface area (Å²) in [7, 11) is 0. The van der Waals surface area contributed by atoms with Crippen molar-refractivity contribution in [1.82, 2.24) is 0 Å². The van der Waals surface area contributed by atoms with Gasteiger partial charge >= 0.3 is 0 Å². The summed E-state index contributed by atoms with van der Waals surface area (Å²) in [6.07, 6.45) is 0.866. The molecule has 0 aliphatic heterocycles. The molecule has 3 aromatic rings. The molecule has 32 heavy (non-hydrogen) atoms. The molecule has 0 radical (unpaired) electrons. The fraction of sp³-hybridized carbons (Fsp3) is 0.167. The largest absolute Gasteiger partial charge is 0.326 e. The number of nitrogens with one attached hydrogen (secondary N) is 2. The standard InChI is InChI=1S/C24H21Cl3N2O2S/c1-2-22(24(31)29-21-11-10-17(26)13-20(21)27)32-19-5-3-4-18(14-19)28-23(30)12-15-6-8-16(25)9-7-15/h3-11,13-14,22H,2,12H2,1H3,(H,28,30)(H,29,31). The van der Waals surface area contributed by atoms with E-state index in [1.54, 1.807) is 30.3 Å². The van der Waals surface area contributed by atoms with Gasteiger partial charge in [-0.3, -0.25) is 9.59 Å². The van der Waals surface area contributed by atoms with Gasteiger partial charge in [0.1, 0.15) is 0 Å². The van der Waals surface area contributed by atoms with Gasteiger partial charge in [-0.25, -0.2) is 0 Å². The highest BCUT2D eigenvalue weighted by Gasteiger charge is 2.19. The van der Waals surface area contributed by atoms with Crippen LogP contribution in [0.4, 0.5) is 11.4 Å². The van der Waals surface area contributed by atoms with Crippen LogP contribution in [0.1, 0.15) is 18.9 Å². The minimum absolute atomic E-state index is 0.128. The Bertz CT molecular complexity index is 1110. The number of carbonyl (C=O) groups is 2. The Morgan fingerprint density at radius 3 is 2.31 bits per heavy atom. The van der Waals surface area contributed by atoms with Crippen molar-refractivity contribution in [1.29, 1.82) is 0 Å². The van der Waals surface area contributed by atoms with Crippen molar-refractivity contribution in [2.45, 2.75) is 29.9 Å². The van der Waals surface area contributed by atoms with E-state index < -0.39 is 0 Å². The number of amides is 2. The molecule has 1 unspecified atom stereocenters. The highest BCUT2D eigenvalue weighted by atomic mass is 35.5. The van der Waals surface area contributed by atoms with Crippen molar-refractivity contribution < 1.29 is 9.59 Å². The highest BCUT2D eigenvalue weighted by Crippen LogP contribution is 2.30. The van der Waals surface area contributed by atoms with Crippen LogP contribution in [0.15, 0.2) is 71.6 Å². The van der Waals surface area contributed by atoms with Crippen LogP contribution in [0.25, 0.3) is 0 Å². The van der Waals surface area contributed by atoms with E-state index in [1.165, 1.54) is 11.8 Å². The monoisotopic (exact) mass is 506 g/mol. The molecule has 0 heterocycles. The number of hydrogen-bond acceptors (Lipinski definition) is 3. The number of hydrogen-bond donors (Lipinski definition) is 2. The molecule has 4 nitrogen and oxygen atoms in total. The predicted octanol–water partition coefficient (Wildman–Crippen LogP) is 7.34. The van der Waals surface area contributed by atoms with E-state index in [4.69, 9.17) is 34.8 Å². The molecule has 1 atom stereocenters. The number of benzene rings is 3. The summed E-state index contributed by atoms with van der Waals surface area (Å²) >= 11 is 19.4. The summed E-state index contributed by atoms with van der Waals surface area (Å²) in [6, 6.07) is 19.5. The number of anilines is 2. The summed E-state index contributed by atoms with van der Waals surface area (Å²) in [5.74, 6) is -0.282.